The van der Waals surface area contributed by atoms with E-state index in [4.69, 9.17) is 0 Å². The van der Waals surface area contributed by atoms with E-state index < -0.39 is 4.92 Å². The van der Waals surface area contributed by atoms with Gasteiger partial charge in [0.2, 0.25) is 0 Å². The molecule has 2 rings (SSSR count). The summed E-state index contributed by atoms with van der Waals surface area (Å²) in [5.41, 5.74) is 1.06. The largest absolute Gasteiger partial charge is 0.287 e. The fourth-order valence-electron chi connectivity index (χ4n) is 1.13. The maximum Gasteiger partial charge on any atom is 0.287 e. The molecule has 12 heavy (non-hydrogen) atoms. The average molecular weight is 164 g/mol. The molecule has 0 N–H and O–H groups in total. The van der Waals surface area contributed by atoms with Gasteiger partial charge in [-0.05, 0) is 18.9 Å². The van der Waals surface area contributed by atoms with Crippen molar-refractivity contribution >= 4 is 5.69 Å². The highest BCUT2D eigenvalue weighted by Crippen LogP contribution is 2.38. The van der Waals surface area contributed by atoms with Crippen molar-refractivity contribution in [3.63, 3.8) is 0 Å². The van der Waals surface area contributed by atoms with Gasteiger partial charge in [0.25, 0.3) is 5.69 Å². The lowest BCUT2D eigenvalue weighted by atomic mass is 10.2. The number of hydrogen-bond donors (Lipinski definition) is 0. The van der Waals surface area contributed by atoms with Gasteiger partial charge in [-0.25, -0.2) is 0 Å². The van der Waals surface area contributed by atoms with Gasteiger partial charge >= 0.3 is 0 Å². The van der Waals surface area contributed by atoms with Gasteiger partial charge < -0.3 is 0 Å². The van der Waals surface area contributed by atoms with Crippen molar-refractivity contribution in [1.29, 1.82) is 0 Å². The van der Waals surface area contributed by atoms with E-state index in [1.54, 1.807) is 6.07 Å². The molecule has 1 aromatic heterocycles. The number of hydrogen-bond acceptors (Lipinski definition) is 3. The summed E-state index contributed by atoms with van der Waals surface area (Å²) in [5, 5.41) is 10.3. The maximum atomic E-state index is 10.3. The second-order valence-corrected chi connectivity index (χ2v) is 2.97. The van der Waals surface area contributed by atoms with Gasteiger partial charge in [-0.15, -0.1) is 0 Å². The number of nitrogens with zero attached hydrogens (tertiary/aromatic N) is 2. The minimum atomic E-state index is -0.427. The van der Waals surface area contributed by atoms with Crippen LogP contribution in [0.4, 0.5) is 5.69 Å². The fourth-order valence-corrected chi connectivity index (χ4v) is 1.13. The topological polar surface area (TPSA) is 56.0 Å². The summed E-state index contributed by atoms with van der Waals surface area (Å²) >= 11 is 0. The monoisotopic (exact) mass is 164 g/mol. The van der Waals surface area contributed by atoms with E-state index in [0.717, 1.165) is 5.69 Å². The second kappa shape index (κ2) is 2.55. The smallest absolute Gasteiger partial charge is 0.258 e. The first kappa shape index (κ1) is 7.21. The minimum absolute atomic E-state index is 0.0689. The Morgan fingerprint density at radius 3 is 2.67 bits per heavy atom. The quantitative estimate of drug-likeness (QED) is 0.495. The molecule has 0 aliphatic heterocycles. The molecule has 1 aliphatic rings. The van der Waals surface area contributed by atoms with Crippen LogP contribution in [0, 0.1) is 10.1 Å². The maximum absolute atomic E-state index is 10.3. The normalized spacial score (nSPS) is 16.0. The highest BCUT2D eigenvalue weighted by molar-refractivity contribution is 5.29. The standard InChI is InChI=1S/C8H8N2O2/c11-10(12)7-3-4-8(9-5-7)6-1-2-6/h3-6H,1-2H2. The number of aromatic nitrogens is 1. The molecule has 1 saturated carbocycles. The van der Waals surface area contributed by atoms with Crippen LogP contribution >= 0.6 is 0 Å². The van der Waals surface area contributed by atoms with Gasteiger partial charge in [-0.1, -0.05) is 0 Å². The van der Waals surface area contributed by atoms with Crippen LogP contribution in [0.1, 0.15) is 24.5 Å². The van der Waals surface area contributed by atoms with E-state index in [9.17, 15) is 10.1 Å². The molecule has 62 valence electrons. The van der Waals surface area contributed by atoms with Gasteiger partial charge in [0.1, 0.15) is 6.20 Å². The molecule has 0 bridgehead atoms. The zero-order valence-corrected chi connectivity index (χ0v) is 6.43. The summed E-state index contributed by atoms with van der Waals surface area (Å²) in [5.74, 6) is 0.561. The Morgan fingerprint density at radius 2 is 2.25 bits per heavy atom. The molecule has 1 aliphatic carbocycles. The van der Waals surface area contributed by atoms with Gasteiger partial charge in [0, 0.05) is 17.7 Å². The number of rotatable bonds is 2. The van der Waals surface area contributed by atoms with Crippen LogP contribution in [0.5, 0.6) is 0 Å². The Labute approximate surface area is 69.4 Å². The zero-order chi connectivity index (χ0) is 8.55. The molecule has 4 nitrogen and oxygen atoms in total. The molecule has 0 saturated heterocycles. The zero-order valence-electron chi connectivity index (χ0n) is 6.43. The lowest BCUT2D eigenvalue weighted by molar-refractivity contribution is -0.385. The number of pyridine rings is 1. The molecule has 1 heterocycles. The van der Waals surface area contributed by atoms with Crippen LogP contribution in [-0.2, 0) is 0 Å². The first-order valence-electron chi connectivity index (χ1n) is 3.88. The van der Waals surface area contributed by atoms with Crippen LogP contribution in [-0.4, -0.2) is 9.91 Å². The predicted molar refractivity (Wildman–Crippen MR) is 42.9 cm³/mol. The molecule has 0 atom stereocenters. The summed E-state index contributed by atoms with van der Waals surface area (Å²) < 4.78 is 0. The fraction of sp³-hybridized carbons (Fsp3) is 0.375. The first-order chi connectivity index (χ1) is 5.77. The third-order valence-electron chi connectivity index (χ3n) is 1.98. The Bertz CT molecular complexity index is 303. The Morgan fingerprint density at radius 1 is 1.50 bits per heavy atom. The Kier molecular flexibility index (Phi) is 1.53. The van der Waals surface area contributed by atoms with Crippen LogP contribution in [0.3, 0.4) is 0 Å². The van der Waals surface area contributed by atoms with Crippen LogP contribution in [0.15, 0.2) is 18.3 Å². The summed E-state index contributed by atoms with van der Waals surface area (Å²) in [6.07, 6.45) is 3.67. The van der Waals surface area contributed by atoms with Crippen LogP contribution in [0.25, 0.3) is 0 Å². The van der Waals surface area contributed by atoms with Crippen molar-refractivity contribution in [2.24, 2.45) is 0 Å². The van der Waals surface area contributed by atoms with E-state index in [1.165, 1.54) is 25.1 Å². The molecule has 1 aromatic rings. The third kappa shape index (κ3) is 1.28. The molecular formula is C8H8N2O2. The molecule has 0 amide bonds. The Balaban J connectivity index is 2.24. The molecule has 0 aromatic carbocycles. The molecule has 0 spiro atoms. The highest BCUT2D eigenvalue weighted by atomic mass is 16.6. The molecule has 1 fully saturated rings. The van der Waals surface area contributed by atoms with Gasteiger partial charge in [-0.2, -0.15) is 0 Å². The lowest BCUT2D eigenvalue weighted by Gasteiger charge is -1.94. The third-order valence-corrected chi connectivity index (χ3v) is 1.98. The van der Waals surface area contributed by atoms with Crippen LogP contribution < -0.4 is 0 Å². The predicted octanol–water partition coefficient (Wildman–Crippen LogP) is 1.87. The van der Waals surface area contributed by atoms with Crippen molar-refractivity contribution in [1.82, 2.24) is 4.98 Å². The van der Waals surface area contributed by atoms with Crippen molar-refractivity contribution in [3.05, 3.63) is 34.1 Å². The van der Waals surface area contributed by atoms with E-state index >= 15 is 0 Å². The van der Waals surface area contributed by atoms with Crippen LogP contribution in [0.2, 0.25) is 0 Å². The molecule has 0 radical (unpaired) electrons. The van der Waals surface area contributed by atoms with Gasteiger partial charge in [0.05, 0.1) is 4.92 Å². The minimum Gasteiger partial charge on any atom is -0.258 e. The van der Waals surface area contributed by atoms with Gasteiger partial charge in [-0.3, -0.25) is 15.1 Å². The SMILES string of the molecule is O=[N+]([O-])c1ccc(C2CC2)nc1. The second-order valence-electron chi connectivity index (χ2n) is 2.97. The van der Waals surface area contributed by atoms with E-state index in [1.807, 2.05) is 0 Å². The highest BCUT2D eigenvalue weighted by Gasteiger charge is 2.25. The Hall–Kier alpha value is -1.45. The summed E-state index contributed by atoms with van der Waals surface area (Å²) in [6, 6.07) is 3.26. The van der Waals surface area contributed by atoms with Crippen molar-refractivity contribution in [3.8, 4) is 0 Å². The molecular weight excluding hydrogens is 156 g/mol. The lowest BCUT2D eigenvalue weighted by Crippen LogP contribution is -1.91. The van der Waals surface area contributed by atoms with Crippen molar-refractivity contribution in [2.75, 3.05) is 0 Å². The summed E-state index contributed by atoms with van der Waals surface area (Å²) in [6.45, 7) is 0. The van der Waals surface area contributed by atoms with E-state index in [-0.39, 0.29) is 5.69 Å². The first-order valence-corrected chi connectivity index (χ1v) is 3.88. The summed E-state index contributed by atoms with van der Waals surface area (Å²) in [4.78, 5) is 13.9. The van der Waals surface area contributed by atoms with Crippen molar-refractivity contribution in [2.45, 2.75) is 18.8 Å². The van der Waals surface area contributed by atoms with E-state index in [0.29, 0.717) is 5.92 Å². The molecule has 4 heteroatoms. The summed E-state index contributed by atoms with van der Waals surface area (Å²) in [7, 11) is 0. The van der Waals surface area contributed by atoms with E-state index in [2.05, 4.69) is 4.98 Å². The van der Waals surface area contributed by atoms with Gasteiger partial charge in [0.15, 0.2) is 0 Å². The number of nitro groups is 1. The van der Waals surface area contributed by atoms with Crippen molar-refractivity contribution < 1.29 is 4.92 Å². The average Bonchev–Trinajstić information content (AvgIpc) is 2.87. The molecule has 0 unspecified atom stereocenters.